The highest BCUT2D eigenvalue weighted by atomic mass is 16.6. The molecule has 5 aliphatic carbocycles. The van der Waals surface area contributed by atoms with Gasteiger partial charge < -0.3 is 19.7 Å². The molecule has 0 amide bonds. The SMILES string of the molecule is C[C@]12CC[C@H]3[C@@H]([C@@H]4O[C@@H]4[C@@]4(O)CC=CC(=O)[C@]34C)[C@@H]1CC[C@H]2[C@H]1C[C@]2(C)C[C@H]1OC(=O)[C@]2(C)O. The van der Waals surface area contributed by atoms with Gasteiger partial charge in [0.2, 0.25) is 0 Å². The maximum atomic E-state index is 13.3. The Morgan fingerprint density at radius 1 is 0.971 bits per heavy atom. The van der Waals surface area contributed by atoms with E-state index in [4.69, 9.17) is 9.47 Å². The van der Waals surface area contributed by atoms with Crippen LogP contribution in [0.3, 0.4) is 0 Å². The molecule has 34 heavy (non-hydrogen) atoms. The van der Waals surface area contributed by atoms with Gasteiger partial charge in [0.25, 0.3) is 0 Å². The van der Waals surface area contributed by atoms with Gasteiger partial charge in [-0.05, 0) is 99.9 Å². The van der Waals surface area contributed by atoms with Gasteiger partial charge in [0, 0.05) is 5.41 Å². The molecule has 2 saturated heterocycles. The van der Waals surface area contributed by atoms with Gasteiger partial charge in [-0.25, -0.2) is 4.79 Å². The number of esters is 1. The number of hydrogen-bond donors (Lipinski definition) is 2. The Bertz CT molecular complexity index is 1020. The Morgan fingerprint density at radius 3 is 2.47 bits per heavy atom. The highest BCUT2D eigenvalue weighted by Gasteiger charge is 2.78. The lowest BCUT2D eigenvalue weighted by molar-refractivity contribution is -0.195. The number of aliphatic hydroxyl groups is 2. The molecule has 7 rings (SSSR count). The first-order valence-corrected chi connectivity index (χ1v) is 13.4. The molecule has 0 aromatic carbocycles. The van der Waals surface area contributed by atoms with Crippen LogP contribution in [0.25, 0.3) is 0 Å². The Balaban J connectivity index is 1.23. The predicted octanol–water partition coefficient (Wildman–Crippen LogP) is 3.19. The molecular weight excluding hydrogens is 432 g/mol. The normalized spacial score (nSPS) is 63.5. The van der Waals surface area contributed by atoms with Crippen LogP contribution in [-0.2, 0) is 19.1 Å². The van der Waals surface area contributed by atoms with E-state index in [1.54, 1.807) is 13.0 Å². The molecule has 0 aromatic heterocycles. The molecule has 0 aromatic rings. The smallest absolute Gasteiger partial charge is 0.338 e. The van der Waals surface area contributed by atoms with Crippen LogP contribution < -0.4 is 0 Å². The standard InChI is InChI=1S/C28H38O6/c1-24-12-14(18(13-24)33-23(30)27(24,4)31)15-7-8-16-20-17(9-11-25(15,16)2)26(3)19(29)6-5-10-28(26,32)22-21(20)34-22/h5-6,14-18,20-22,31-32H,7-13H2,1-4H3/t14-,15+,16+,17+,18-,20+,21+,22+,24-,25-,26+,27+,28+/m1/s1. The quantitative estimate of drug-likeness (QED) is 0.451. The van der Waals surface area contributed by atoms with E-state index in [0.29, 0.717) is 18.3 Å². The van der Waals surface area contributed by atoms with E-state index in [2.05, 4.69) is 13.8 Å². The summed E-state index contributed by atoms with van der Waals surface area (Å²) in [5.41, 5.74) is -3.65. The third-order valence-electron chi connectivity index (χ3n) is 12.8. The molecule has 6 heteroatoms. The summed E-state index contributed by atoms with van der Waals surface area (Å²) in [5, 5.41) is 22.7. The maximum absolute atomic E-state index is 13.3. The van der Waals surface area contributed by atoms with E-state index in [9.17, 15) is 19.8 Å². The topological polar surface area (TPSA) is 96.4 Å². The van der Waals surface area contributed by atoms with E-state index in [1.165, 1.54) is 0 Å². The molecule has 6 fully saturated rings. The molecule has 13 atom stereocenters. The van der Waals surface area contributed by atoms with Crippen molar-refractivity contribution in [3.05, 3.63) is 12.2 Å². The van der Waals surface area contributed by atoms with Crippen molar-refractivity contribution >= 4 is 11.8 Å². The lowest BCUT2D eigenvalue weighted by Crippen LogP contribution is -2.67. The molecule has 0 spiro atoms. The van der Waals surface area contributed by atoms with Crippen molar-refractivity contribution in [3.8, 4) is 0 Å². The second-order valence-electron chi connectivity index (χ2n) is 13.8. The Labute approximate surface area is 201 Å². The third-order valence-corrected chi connectivity index (χ3v) is 12.8. The number of allylic oxidation sites excluding steroid dienone is 1. The largest absolute Gasteiger partial charge is 0.460 e. The van der Waals surface area contributed by atoms with Gasteiger partial charge >= 0.3 is 5.97 Å². The summed E-state index contributed by atoms with van der Waals surface area (Å²) >= 11 is 0. The lowest BCUT2D eigenvalue weighted by Gasteiger charge is -2.60. The van der Waals surface area contributed by atoms with Crippen molar-refractivity contribution in [2.24, 2.45) is 45.8 Å². The Hall–Kier alpha value is -1.24. The summed E-state index contributed by atoms with van der Waals surface area (Å²) in [7, 11) is 0. The first kappa shape index (κ1) is 22.0. The van der Waals surface area contributed by atoms with Crippen LogP contribution >= 0.6 is 0 Å². The third kappa shape index (κ3) is 2.22. The Morgan fingerprint density at radius 2 is 1.71 bits per heavy atom. The van der Waals surface area contributed by atoms with Gasteiger partial charge in [-0.15, -0.1) is 0 Å². The zero-order valence-electron chi connectivity index (χ0n) is 20.8. The molecule has 2 N–H and O–H groups in total. The first-order valence-electron chi connectivity index (χ1n) is 13.4. The van der Waals surface area contributed by atoms with E-state index in [0.717, 1.165) is 38.5 Å². The summed E-state index contributed by atoms with van der Waals surface area (Å²) in [6, 6.07) is 0. The lowest BCUT2D eigenvalue weighted by atomic mass is 9.43. The highest BCUT2D eigenvalue weighted by molar-refractivity contribution is 5.97. The second-order valence-corrected chi connectivity index (χ2v) is 13.8. The van der Waals surface area contributed by atoms with E-state index >= 15 is 0 Å². The number of carbonyl (C=O) groups is 2. The average Bonchev–Trinajstić information content (AvgIpc) is 3.41. The first-order chi connectivity index (χ1) is 15.9. The van der Waals surface area contributed by atoms with Crippen LogP contribution in [0.5, 0.6) is 0 Å². The van der Waals surface area contributed by atoms with Gasteiger partial charge in [0.15, 0.2) is 11.4 Å². The molecule has 2 aliphatic heterocycles. The van der Waals surface area contributed by atoms with Crippen LogP contribution in [-0.4, -0.2) is 51.5 Å². The average molecular weight is 471 g/mol. The molecule has 6 nitrogen and oxygen atoms in total. The molecule has 186 valence electrons. The number of ether oxygens (including phenoxy) is 2. The van der Waals surface area contributed by atoms with E-state index < -0.39 is 28.0 Å². The highest BCUT2D eigenvalue weighted by Crippen LogP contribution is 2.73. The fourth-order valence-electron chi connectivity index (χ4n) is 10.5. The molecule has 7 aliphatic rings. The van der Waals surface area contributed by atoms with E-state index in [1.807, 2.05) is 13.0 Å². The van der Waals surface area contributed by atoms with Crippen molar-refractivity contribution in [1.82, 2.24) is 0 Å². The van der Waals surface area contributed by atoms with Crippen molar-refractivity contribution < 1.29 is 29.3 Å². The van der Waals surface area contributed by atoms with Crippen molar-refractivity contribution in [2.75, 3.05) is 0 Å². The van der Waals surface area contributed by atoms with Crippen LogP contribution in [0.1, 0.15) is 72.6 Å². The maximum Gasteiger partial charge on any atom is 0.338 e. The summed E-state index contributed by atoms with van der Waals surface area (Å²) in [6.07, 6.45) is 9.40. The number of epoxide rings is 1. The summed E-state index contributed by atoms with van der Waals surface area (Å²) in [4.78, 5) is 25.9. The number of ketones is 1. The summed E-state index contributed by atoms with van der Waals surface area (Å²) in [5.74, 6) is 1.16. The Kier molecular flexibility index (Phi) is 3.99. The fourth-order valence-corrected chi connectivity index (χ4v) is 10.5. The van der Waals surface area contributed by atoms with Crippen LogP contribution in [0.15, 0.2) is 12.2 Å². The van der Waals surface area contributed by atoms with Crippen molar-refractivity contribution in [1.29, 1.82) is 0 Å². The van der Waals surface area contributed by atoms with Crippen molar-refractivity contribution in [2.45, 2.75) is 102 Å². The molecule has 0 radical (unpaired) electrons. The van der Waals surface area contributed by atoms with Gasteiger partial charge in [0.1, 0.15) is 17.8 Å². The number of carbonyl (C=O) groups excluding carboxylic acids is 2. The number of hydrogen-bond acceptors (Lipinski definition) is 6. The summed E-state index contributed by atoms with van der Waals surface area (Å²) < 4.78 is 12.1. The van der Waals surface area contributed by atoms with Gasteiger partial charge in [-0.3, -0.25) is 4.79 Å². The van der Waals surface area contributed by atoms with E-state index in [-0.39, 0.29) is 47.3 Å². The van der Waals surface area contributed by atoms with Crippen LogP contribution in [0.4, 0.5) is 0 Å². The molecule has 4 saturated carbocycles. The van der Waals surface area contributed by atoms with Crippen LogP contribution in [0.2, 0.25) is 0 Å². The minimum atomic E-state index is -1.43. The molecular formula is C28H38O6. The number of rotatable bonds is 1. The monoisotopic (exact) mass is 470 g/mol. The van der Waals surface area contributed by atoms with Gasteiger partial charge in [0.05, 0.1) is 11.5 Å². The minimum absolute atomic E-state index is 0.0460. The molecule has 2 heterocycles. The zero-order chi connectivity index (χ0) is 24.1. The van der Waals surface area contributed by atoms with Gasteiger partial charge in [-0.2, -0.15) is 0 Å². The molecule has 0 unspecified atom stereocenters. The second kappa shape index (κ2) is 6.18. The predicted molar refractivity (Wildman–Crippen MR) is 122 cm³/mol. The zero-order valence-corrected chi connectivity index (χ0v) is 20.8. The van der Waals surface area contributed by atoms with Crippen LogP contribution in [0, 0.1) is 45.8 Å². The summed E-state index contributed by atoms with van der Waals surface area (Å²) in [6.45, 7) is 8.12. The minimum Gasteiger partial charge on any atom is -0.460 e. The fraction of sp³-hybridized carbons (Fsp3) is 0.857. The molecule has 2 bridgehead atoms. The van der Waals surface area contributed by atoms with Gasteiger partial charge in [-0.1, -0.05) is 19.9 Å². The number of fused-ring (bicyclic) bond motifs is 10. The van der Waals surface area contributed by atoms with Crippen molar-refractivity contribution in [3.63, 3.8) is 0 Å².